The van der Waals surface area contributed by atoms with E-state index < -0.39 is 0 Å². The predicted molar refractivity (Wildman–Crippen MR) is 96.3 cm³/mol. The van der Waals surface area contributed by atoms with Gasteiger partial charge < -0.3 is 10.1 Å². The summed E-state index contributed by atoms with van der Waals surface area (Å²) in [5.74, 6) is 0. The van der Waals surface area contributed by atoms with Gasteiger partial charge in [-0.15, -0.1) is 0 Å². The van der Waals surface area contributed by atoms with Crippen LogP contribution in [0, 0.1) is 11.3 Å². The molecule has 6 nitrogen and oxygen atoms in total. The molecule has 3 aromatic rings. The minimum absolute atomic E-state index is 0.319. The van der Waals surface area contributed by atoms with E-state index in [1.807, 2.05) is 18.3 Å². The fourth-order valence-electron chi connectivity index (χ4n) is 2.60. The quantitative estimate of drug-likeness (QED) is 0.669. The number of pyridine rings is 1. The van der Waals surface area contributed by atoms with Crippen molar-refractivity contribution in [1.29, 1.82) is 5.26 Å². The number of nitriles is 1. The van der Waals surface area contributed by atoms with E-state index in [-0.39, 0.29) is 0 Å². The third-order valence-electron chi connectivity index (χ3n) is 3.84. The van der Waals surface area contributed by atoms with Gasteiger partial charge >= 0.3 is 0 Å². The summed E-state index contributed by atoms with van der Waals surface area (Å²) >= 11 is 0. The second-order valence-electron chi connectivity index (χ2n) is 5.66. The number of methoxy groups -OCH3 is 1. The number of nitrogens with zero attached hydrogens (tertiary/aromatic N) is 4. The van der Waals surface area contributed by atoms with Gasteiger partial charge in [-0.05, 0) is 23.9 Å². The minimum Gasteiger partial charge on any atom is -0.385 e. The highest BCUT2D eigenvalue weighted by Gasteiger charge is 2.05. The van der Waals surface area contributed by atoms with E-state index in [2.05, 4.69) is 38.5 Å². The van der Waals surface area contributed by atoms with Crippen LogP contribution >= 0.6 is 0 Å². The molecular weight excluding hydrogens is 314 g/mol. The van der Waals surface area contributed by atoms with E-state index in [4.69, 9.17) is 10.00 Å². The molecule has 0 saturated carbocycles. The first kappa shape index (κ1) is 16.8. The second kappa shape index (κ2) is 8.18. The van der Waals surface area contributed by atoms with Gasteiger partial charge in [-0.1, -0.05) is 12.1 Å². The monoisotopic (exact) mass is 333 g/mol. The molecule has 0 amide bonds. The van der Waals surface area contributed by atoms with Crippen LogP contribution in [0.1, 0.15) is 23.5 Å². The van der Waals surface area contributed by atoms with Gasteiger partial charge in [0.05, 0.1) is 18.1 Å². The van der Waals surface area contributed by atoms with Crippen LogP contribution in [-0.4, -0.2) is 35.2 Å². The molecule has 2 aromatic heterocycles. The molecule has 126 valence electrons. The Bertz CT molecular complexity index is 886. The topological polar surface area (TPSA) is 83.7 Å². The summed E-state index contributed by atoms with van der Waals surface area (Å²) in [6.07, 6.45) is 6.53. The highest BCUT2D eigenvalue weighted by Crippen LogP contribution is 2.23. The standard InChI is InChI=1S/C19H19N5O/c1-25-7-3-6-21-19-5-2-4-14-8-15(24-13-18(14)19)9-16-11-23-17(10-20)12-22-16/h2,4-5,8,11-13,21H,3,6-7,9H2,1H3. The summed E-state index contributed by atoms with van der Waals surface area (Å²) < 4.78 is 5.07. The first-order valence-electron chi connectivity index (χ1n) is 8.11. The molecule has 0 radical (unpaired) electrons. The van der Waals surface area contributed by atoms with Crippen LogP contribution in [0.25, 0.3) is 10.8 Å². The summed E-state index contributed by atoms with van der Waals surface area (Å²) in [5, 5.41) is 14.4. The van der Waals surface area contributed by atoms with E-state index in [0.717, 1.165) is 47.4 Å². The number of rotatable bonds is 7. The van der Waals surface area contributed by atoms with Crippen molar-refractivity contribution in [3.63, 3.8) is 0 Å². The highest BCUT2D eigenvalue weighted by molar-refractivity contribution is 5.93. The van der Waals surface area contributed by atoms with Crippen LogP contribution in [0.3, 0.4) is 0 Å². The second-order valence-corrected chi connectivity index (χ2v) is 5.66. The molecular formula is C19H19N5O. The maximum atomic E-state index is 8.78. The van der Waals surface area contributed by atoms with Crippen LogP contribution in [0.15, 0.2) is 42.9 Å². The number of hydrogen-bond donors (Lipinski definition) is 1. The Morgan fingerprint density at radius 3 is 2.76 bits per heavy atom. The third-order valence-corrected chi connectivity index (χ3v) is 3.84. The van der Waals surface area contributed by atoms with Gasteiger partial charge in [0.25, 0.3) is 0 Å². The first-order valence-corrected chi connectivity index (χ1v) is 8.11. The van der Waals surface area contributed by atoms with Crippen molar-refractivity contribution in [3.8, 4) is 6.07 Å². The van der Waals surface area contributed by atoms with Crippen LogP contribution in [-0.2, 0) is 11.2 Å². The van der Waals surface area contributed by atoms with E-state index >= 15 is 0 Å². The molecule has 1 N–H and O–H groups in total. The predicted octanol–water partition coefficient (Wildman–Crippen LogP) is 2.94. The number of fused-ring (bicyclic) bond motifs is 1. The average Bonchev–Trinajstić information content (AvgIpc) is 2.66. The molecule has 1 aromatic carbocycles. The van der Waals surface area contributed by atoms with Gasteiger partial charge in [0.1, 0.15) is 6.07 Å². The number of hydrogen-bond acceptors (Lipinski definition) is 6. The lowest BCUT2D eigenvalue weighted by molar-refractivity contribution is 0.198. The number of benzene rings is 1. The molecule has 25 heavy (non-hydrogen) atoms. The number of aromatic nitrogens is 3. The van der Waals surface area contributed by atoms with Crippen molar-refractivity contribution in [1.82, 2.24) is 15.0 Å². The van der Waals surface area contributed by atoms with Crippen LogP contribution in [0.5, 0.6) is 0 Å². The third kappa shape index (κ3) is 4.28. The summed E-state index contributed by atoms with van der Waals surface area (Å²) in [6.45, 7) is 1.60. The Labute approximate surface area is 146 Å². The molecule has 0 aliphatic heterocycles. The molecule has 0 bridgehead atoms. The van der Waals surface area contributed by atoms with Crippen LogP contribution in [0.4, 0.5) is 5.69 Å². The molecule has 0 aliphatic rings. The highest BCUT2D eigenvalue weighted by atomic mass is 16.5. The lowest BCUT2D eigenvalue weighted by Crippen LogP contribution is -2.05. The largest absolute Gasteiger partial charge is 0.385 e. The van der Waals surface area contributed by atoms with Crippen LogP contribution < -0.4 is 5.32 Å². The van der Waals surface area contributed by atoms with E-state index in [0.29, 0.717) is 12.1 Å². The fraction of sp³-hybridized carbons (Fsp3) is 0.263. The first-order chi connectivity index (χ1) is 12.3. The number of nitrogens with one attached hydrogen (secondary N) is 1. The smallest absolute Gasteiger partial charge is 0.158 e. The zero-order chi connectivity index (χ0) is 17.5. The summed E-state index contributed by atoms with van der Waals surface area (Å²) in [5.41, 5.74) is 3.10. The molecule has 0 atom stereocenters. The van der Waals surface area contributed by atoms with E-state index in [1.165, 1.54) is 6.20 Å². The summed E-state index contributed by atoms with van der Waals surface area (Å²) in [7, 11) is 1.71. The number of ether oxygens (including phenoxy) is 1. The lowest BCUT2D eigenvalue weighted by Gasteiger charge is -2.10. The molecule has 6 heteroatoms. The summed E-state index contributed by atoms with van der Waals surface area (Å²) in [4.78, 5) is 12.9. The molecule has 0 fully saturated rings. The van der Waals surface area contributed by atoms with Gasteiger partial charge in [-0.3, -0.25) is 9.97 Å². The van der Waals surface area contributed by atoms with Gasteiger partial charge in [-0.25, -0.2) is 4.98 Å². The number of anilines is 1. The fourth-order valence-corrected chi connectivity index (χ4v) is 2.60. The molecule has 0 unspecified atom stereocenters. The van der Waals surface area contributed by atoms with Crippen molar-refractivity contribution >= 4 is 16.5 Å². The summed E-state index contributed by atoms with van der Waals surface area (Å²) in [6, 6.07) is 10.2. The van der Waals surface area contributed by atoms with Crippen molar-refractivity contribution in [2.75, 3.05) is 25.6 Å². The van der Waals surface area contributed by atoms with Gasteiger partial charge in [0.2, 0.25) is 0 Å². The van der Waals surface area contributed by atoms with E-state index in [1.54, 1.807) is 13.3 Å². The van der Waals surface area contributed by atoms with E-state index in [9.17, 15) is 0 Å². The Balaban J connectivity index is 1.76. The van der Waals surface area contributed by atoms with Crippen molar-refractivity contribution in [2.45, 2.75) is 12.8 Å². The van der Waals surface area contributed by atoms with Gasteiger partial charge in [-0.2, -0.15) is 5.26 Å². The molecule has 0 spiro atoms. The minimum atomic E-state index is 0.319. The average molecular weight is 333 g/mol. The Morgan fingerprint density at radius 2 is 2.00 bits per heavy atom. The Hall–Kier alpha value is -3.04. The zero-order valence-electron chi connectivity index (χ0n) is 14.1. The van der Waals surface area contributed by atoms with Crippen molar-refractivity contribution in [3.05, 3.63) is 59.9 Å². The van der Waals surface area contributed by atoms with Crippen molar-refractivity contribution < 1.29 is 4.74 Å². The molecule has 0 aliphatic carbocycles. The van der Waals surface area contributed by atoms with Crippen LogP contribution in [0.2, 0.25) is 0 Å². The zero-order valence-corrected chi connectivity index (χ0v) is 14.1. The molecule has 2 heterocycles. The molecule has 3 rings (SSSR count). The van der Waals surface area contributed by atoms with Gasteiger partial charge in [0.15, 0.2) is 5.69 Å². The molecule has 0 saturated heterocycles. The normalized spacial score (nSPS) is 10.6. The maximum Gasteiger partial charge on any atom is 0.158 e. The van der Waals surface area contributed by atoms with Crippen molar-refractivity contribution in [2.24, 2.45) is 0 Å². The Kier molecular flexibility index (Phi) is 5.50. The Morgan fingerprint density at radius 1 is 1.12 bits per heavy atom. The lowest BCUT2D eigenvalue weighted by atomic mass is 10.1. The van der Waals surface area contributed by atoms with Gasteiger partial charge in [0, 0.05) is 49.6 Å². The SMILES string of the molecule is COCCCNc1cccc2cc(Cc3cnc(C#N)cn3)ncc12. The maximum absolute atomic E-state index is 8.78.